The van der Waals surface area contributed by atoms with E-state index < -0.39 is 5.97 Å². The van der Waals surface area contributed by atoms with Crippen molar-refractivity contribution < 1.29 is 9.53 Å². The molecule has 2 N–H and O–H groups in total. The van der Waals surface area contributed by atoms with Crippen LogP contribution in [0.3, 0.4) is 0 Å². The van der Waals surface area contributed by atoms with Crippen molar-refractivity contribution in [2.45, 2.75) is 6.92 Å². The average molecular weight is 311 g/mol. The quantitative estimate of drug-likeness (QED) is 0.874. The number of rotatable bonds is 3. The molecule has 2 aromatic heterocycles. The van der Waals surface area contributed by atoms with Gasteiger partial charge in [0.25, 0.3) is 0 Å². The second kappa shape index (κ2) is 5.18. The van der Waals surface area contributed by atoms with Crippen LogP contribution in [0.2, 0.25) is 0 Å². The second-order valence-electron chi connectivity index (χ2n) is 3.40. The van der Waals surface area contributed by atoms with E-state index >= 15 is 0 Å². The molecule has 2 rings (SSSR count). The van der Waals surface area contributed by atoms with E-state index in [-0.39, 0.29) is 0 Å². The number of aromatic nitrogens is 3. The first kappa shape index (κ1) is 12.6. The number of nitrogens with two attached hydrogens (primary N) is 1. The third kappa shape index (κ3) is 2.35. The van der Waals surface area contributed by atoms with Crippen LogP contribution < -0.4 is 5.73 Å². The van der Waals surface area contributed by atoms with Crippen LogP contribution in [0.15, 0.2) is 29.0 Å². The minimum atomic E-state index is -0.439. The Morgan fingerprint density at radius 3 is 3.00 bits per heavy atom. The highest BCUT2D eigenvalue weighted by atomic mass is 79.9. The van der Waals surface area contributed by atoms with Crippen molar-refractivity contribution in [1.82, 2.24) is 14.8 Å². The maximum absolute atomic E-state index is 11.8. The molecule has 2 aromatic rings. The number of nitrogens with zero attached hydrogens (tertiary/aromatic N) is 3. The predicted molar refractivity (Wildman–Crippen MR) is 69.4 cm³/mol. The molecule has 94 valence electrons. The first-order valence-corrected chi connectivity index (χ1v) is 6.06. The van der Waals surface area contributed by atoms with E-state index in [2.05, 4.69) is 26.0 Å². The summed E-state index contributed by atoms with van der Waals surface area (Å²) in [4.78, 5) is 15.9. The Balaban J connectivity index is 2.47. The highest BCUT2D eigenvalue weighted by molar-refractivity contribution is 9.10. The predicted octanol–water partition coefficient (Wildman–Crippen LogP) is 1.79. The molecule has 0 amide bonds. The first-order valence-electron chi connectivity index (χ1n) is 5.26. The standard InChI is InChI=1S/C11H11BrN4O2/c1-2-18-11(17)7-4-3-5-14-10(7)16-6-8(12)9(13)15-16/h3-6H,2H2,1H3,(H2,13,15). The number of hydrogen-bond donors (Lipinski definition) is 1. The molecule has 0 fully saturated rings. The van der Waals surface area contributed by atoms with Crippen LogP contribution in [-0.2, 0) is 4.74 Å². The van der Waals surface area contributed by atoms with E-state index in [1.807, 2.05) is 0 Å². The number of carbonyl (C=O) groups excluding carboxylic acids is 1. The smallest absolute Gasteiger partial charge is 0.341 e. The van der Waals surface area contributed by atoms with Crippen LogP contribution in [0.4, 0.5) is 5.82 Å². The van der Waals surface area contributed by atoms with Crippen LogP contribution in [0.1, 0.15) is 17.3 Å². The fourth-order valence-electron chi connectivity index (χ4n) is 1.42. The Morgan fingerprint density at radius 2 is 2.39 bits per heavy atom. The van der Waals surface area contributed by atoms with Gasteiger partial charge in [-0.05, 0) is 35.0 Å². The van der Waals surface area contributed by atoms with Gasteiger partial charge in [-0.3, -0.25) is 0 Å². The molecular weight excluding hydrogens is 300 g/mol. The summed E-state index contributed by atoms with van der Waals surface area (Å²) < 4.78 is 7.04. The topological polar surface area (TPSA) is 83.0 Å². The molecule has 0 saturated carbocycles. The van der Waals surface area contributed by atoms with Crippen molar-refractivity contribution in [2.24, 2.45) is 0 Å². The molecule has 0 radical (unpaired) electrons. The van der Waals surface area contributed by atoms with E-state index in [1.54, 1.807) is 31.5 Å². The van der Waals surface area contributed by atoms with Gasteiger partial charge < -0.3 is 10.5 Å². The van der Waals surface area contributed by atoms with Crippen molar-refractivity contribution >= 4 is 27.7 Å². The SMILES string of the molecule is CCOC(=O)c1cccnc1-n1cc(Br)c(N)n1. The van der Waals surface area contributed by atoms with Gasteiger partial charge in [0.05, 0.1) is 11.1 Å². The van der Waals surface area contributed by atoms with Crippen LogP contribution in [0, 0.1) is 0 Å². The van der Waals surface area contributed by atoms with Gasteiger partial charge in [0, 0.05) is 12.4 Å². The minimum Gasteiger partial charge on any atom is -0.462 e. The molecule has 18 heavy (non-hydrogen) atoms. The number of halogens is 1. The zero-order valence-corrected chi connectivity index (χ0v) is 11.2. The van der Waals surface area contributed by atoms with Crippen molar-refractivity contribution in [2.75, 3.05) is 12.3 Å². The summed E-state index contributed by atoms with van der Waals surface area (Å²) in [6, 6.07) is 3.30. The molecule has 0 aliphatic carbocycles. The van der Waals surface area contributed by atoms with Crippen molar-refractivity contribution in [1.29, 1.82) is 0 Å². The maximum atomic E-state index is 11.8. The van der Waals surface area contributed by atoms with E-state index in [9.17, 15) is 4.79 Å². The number of nitrogen functional groups attached to an aromatic ring is 1. The molecule has 0 saturated heterocycles. The summed E-state index contributed by atoms with van der Waals surface area (Å²) in [5, 5.41) is 4.06. The minimum absolute atomic E-state index is 0.304. The molecule has 2 heterocycles. The third-order valence-electron chi connectivity index (χ3n) is 2.19. The highest BCUT2D eigenvalue weighted by Crippen LogP contribution is 2.20. The lowest BCUT2D eigenvalue weighted by molar-refractivity contribution is 0.0525. The number of anilines is 1. The van der Waals surface area contributed by atoms with Gasteiger partial charge in [0.15, 0.2) is 11.6 Å². The molecule has 7 heteroatoms. The van der Waals surface area contributed by atoms with Crippen molar-refractivity contribution in [3.8, 4) is 5.82 Å². The van der Waals surface area contributed by atoms with Crippen LogP contribution in [-0.4, -0.2) is 27.3 Å². The van der Waals surface area contributed by atoms with Gasteiger partial charge >= 0.3 is 5.97 Å². The van der Waals surface area contributed by atoms with Gasteiger partial charge in [-0.15, -0.1) is 5.10 Å². The molecule has 0 aliphatic rings. The van der Waals surface area contributed by atoms with Crippen molar-refractivity contribution in [3.05, 3.63) is 34.6 Å². The third-order valence-corrected chi connectivity index (χ3v) is 2.81. The van der Waals surface area contributed by atoms with E-state index in [1.165, 1.54) is 4.68 Å². The number of esters is 1. The van der Waals surface area contributed by atoms with Gasteiger partial charge in [0.1, 0.15) is 5.56 Å². The molecule has 0 aromatic carbocycles. The normalized spacial score (nSPS) is 10.3. The first-order chi connectivity index (χ1) is 8.63. The summed E-state index contributed by atoms with van der Waals surface area (Å²) >= 11 is 3.25. The number of hydrogen-bond acceptors (Lipinski definition) is 5. The zero-order chi connectivity index (χ0) is 13.1. The van der Waals surface area contributed by atoms with Crippen LogP contribution in [0.5, 0.6) is 0 Å². The lowest BCUT2D eigenvalue weighted by Crippen LogP contribution is -2.11. The number of pyridine rings is 1. The Labute approximate surface area is 112 Å². The zero-order valence-electron chi connectivity index (χ0n) is 9.63. The fourth-order valence-corrected chi connectivity index (χ4v) is 1.70. The van der Waals surface area contributed by atoms with Gasteiger partial charge in [-0.1, -0.05) is 0 Å². The maximum Gasteiger partial charge on any atom is 0.341 e. The number of ether oxygens (including phenoxy) is 1. The van der Waals surface area contributed by atoms with Gasteiger partial charge in [0.2, 0.25) is 0 Å². The lowest BCUT2D eigenvalue weighted by Gasteiger charge is -2.06. The fraction of sp³-hybridized carbons (Fsp3) is 0.182. The van der Waals surface area contributed by atoms with E-state index in [0.29, 0.717) is 28.3 Å². The van der Waals surface area contributed by atoms with Crippen molar-refractivity contribution in [3.63, 3.8) is 0 Å². The van der Waals surface area contributed by atoms with Crippen LogP contribution in [0.25, 0.3) is 5.82 Å². The summed E-state index contributed by atoms with van der Waals surface area (Å²) in [7, 11) is 0. The summed E-state index contributed by atoms with van der Waals surface area (Å²) in [6.07, 6.45) is 3.21. The van der Waals surface area contributed by atoms with Gasteiger partial charge in [-0.2, -0.15) is 0 Å². The summed E-state index contributed by atoms with van der Waals surface area (Å²) in [5.74, 6) is 0.273. The lowest BCUT2D eigenvalue weighted by atomic mass is 10.2. The Morgan fingerprint density at radius 1 is 1.61 bits per heavy atom. The molecule has 0 aliphatic heterocycles. The molecule has 6 nitrogen and oxygen atoms in total. The largest absolute Gasteiger partial charge is 0.462 e. The molecular formula is C11H11BrN4O2. The molecule has 0 atom stereocenters. The molecule has 0 unspecified atom stereocenters. The number of carbonyl (C=O) groups is 1. The molecule has 0 bridgehead atoms. The second-order valence-corrected chi connectivity index (χ2v) is 4.26. The summed E-state index contributed by atoms with van der Waals surface area (Å²) in [6.45, 7) is 2.05. The Hall–Kier alpha value is -1.89. The van der Waals surface area contributed by atoms with E-state index in [4.69, 9.17) is 10.5 Å². The highest BCUT2D eigenvalue weighted by Gasteiger charge is 2.16. The monoisotopic (exact) mass is 310 g/mol. The average Bonchev–Trinajstić information content (AvgIpc) is 2.70. The Bertz CT molecular complexity index is 563. The van der Waals surface area contributed by atoms with Crippen LogP contribution >= 0.6 is 15.9 Å². The Kier molecular flexibility index (Phi) is 3.61. The van der Waals surface area contributed by atoms with Gasteiger partial charge in [-0.25, -0.2) is 14.5 Å². The van der Waals surface area contributed by atoms with E-state index in [0.717, 1.165) is 0 Å². The molecule has 0 spiro atoms. The summed E-state index contributed by atoms with van der Waals surface area (Å²) in [5.41, 5.74) is 5.98.